The van der Waals surface area contributed by atoms with E-state index in [0.717, 1.165) is 17.7 Å². The van der Waals surface area contributed by atoms with Crippen molar-refractivity contribution >= 4 is 5.91 Å². The van der Waals surface area contributed by atoms with E-state index in [-0.39, 0.29) is 24.0 Å². The molecule has 1 fully saturated rings. The van der Waals surface area contributed by atoms with E-state index in [4.69, 9.17) is 10.5 Å². The number of carbonyl (C=O) groups is 1. The molecular weight excluding hydrogens is 252 g/mol. The number of nitrogens with zero attached hydrogens (tertiary/aromatic N) is 1. The zero-order valence-corrected chi connectivity index (χ0v) is 12.5. The van der Waals surface area contributed by atoms with Crippen LogP contribution in [0.1, 0.15) is 45.2 Å². The number of carbonyl (C=O) groups excluding carboxylic acids is 1. The van der Waals surface area contributed by atoms with Gasteiger partial charge in [-0.15, -0.1) is 0 Å². The maximum Gasteiger partial charge on any atom is 0.225 e. The molecule has 1 aliphatic heterocycles. The molecule has 1 heterocycles. The van der Waals surface area contributed by atoms with Crippen molar-refractivity contribution in [1.82, 2.24) is 4.90 Å². The highest BCUT2D eigenvalue weighted by molar-refractivity contribution is 5.80. The van der Waals surface area contributed by atoms with E-state index in [1.54, 1.807) is 0 Å². The quantitative estimate of drug-likeness (QED) is 0.899. The Balaban J connectivity index is 2.25. The third-order valence-corrected chi connectivity index (χ3v) is 4.00. The first-order chi connectivity index (χ1) is 9.58. The number of nitrogens with two attached hydrogens (primary N) is 1. The van der Waals surface area contributed by atoms with E-state index in [2.05, 4.69) is 13.8 Å². The molecule has 0 bridgehead atoms. The minimum atomic E-state index is -0.130. The van der Waals surface area contributed by atoms with E-state index in [1.165, 1.54) is 0 Å². The molecule has 3 unspecified atom stereocenters. The van der Waals surface area contributed by atoms with Gasteiger partial charge in [0.15, 0.2) is 0 Å². The summed E-state index contributed by atoms with van der Waals surface area (Å²) in [4.78, 5) is 14.1. The average molecular weight is 276 g/mol. The molecule has 1 saturated heterocycles. The first kappa shape index (κ1) is 14.9. The topological polar surface area (TPSA) is 55.6 Å². The zero-order valence-electron chi connectivity index (χ0n) is 12.5. The molecule has 3 atom stereocenters. The fourth-order valence-electron chi connectivity index (χ4n) is 2.83. The SMILES string of the molecule is CCOc1ccc(C2C(N)CC(=O)N2C(C)CC)cc1. The summed E-state index contributed by atoms with van der Waals surface area (Å²) in [5.74, 6) is 1.01. The maximum atomic E-state index is 12.2. The van der Waals surface area contributed by atoms with Gasteiger partial charge in [0, 0.05) is 18.5 Å². The number of likely N-dealkylation sites (tertiary alicyclic amines) is 1. The van der Waals surface area contributed by atoms with E-state index >= 15 is 0 Å². The largest absolute Gasteiger partial charge is 0.494 e. The van der Waals surface area contributed by atoms with Crippen LogP contribution in [0.5, 0.6) is 5.75 Å². The van der Waals surface area contributed by atoms with Crippen molar-refractivity contribution in [2.45, 2.75) is 51.7 Å². The molecule has 0 aromatic heterocycles. The van der Waals surface area contributed by atoms with Crippen LogP contribution < -0.4 is 10.5 Å². The summed E-state index contributed by atoms with van der Waals surface area (Å²) < 4.78 is 5.46. The van der Waals surface area contributed by atoms with Gasteiger partial charge in [0.1, 0.15) is 5.75 Å². The van der Waals surface area contributed by atoms with Crippen molar-refractivity contribution < 1.29 is 9.53 Å². The second kappa shape index (κ2) is 6.27. The lowest BCUT2D eigenvalue weighted by molar-refractivity contribution is -0.131. The number of amides is 1. The van der Waals surface area contributed by atoms with Gasteiger partial charge in [-0.2, -0.15) is 0 Å². The maximum absolute atomic E-state index is 12.2. The molecule has 110 valence electrons. The van der Waals surface area contributed by atoms with Crippen molar-refractivity contribution in [3.63, 3.8) is 0 Å². The molecule has 2 rings (SSSR count). The van der Waals surface area contributed by atoms with Crippen LogP contribution in [-0.2, 0) is 4.79 Å². The summed E-state index contributed by atoms with van der Waals surface area (Å²) in [5.41, 5.74) is 7.28. The average Bonchev–Trinajstić information content (AvgIpc) is 2.74. The molecule has 0 spiro atoms. The number of hydrogen-bond acceptors (Lipinski definition) is 3. The second-order valence-corrected chi connectivity index (χ2v) is 5.37. The van der Waals surface area contributed by atoms with Crippen molar-refractivity contribution in [3.05, 3.63) is 29.8 Å². The smallest absolute Gasteiger partial charge is 0.225 e. The van der Waals surface area contributed by atoms with Crippen molar-refractivity contribution in [1.29, 1.82) is 0 Å². The van der Waals surface area contributed by atoms with Crippen LogP contribution >= 0.6 is 0 Å². The Hall–Kier alpha value is -1.55. The van der Waals surface area contributed by atoms with Crippen LogP contribution in [0.3, 0.4) is 0 Å². The molecule has 4 heteroatoms. The summed E-state index contributed by atoms with van der Waals surface area (Å²) in [6.45, 7) is 6.79. The molecule has 0 radical (unpaired) electrons. The van der Waals surface area contributed by atoms with Gasteiger partial charge in [-0.25, -0.2) is 0 Å². The Morgan fingerprint density at radius 1 is 1.35 bits per heavy atom. The Morgan fingerprint density at radius 3 is 2.55 bits per heavy atom. The van der Waals surface area contributed by atoms with Gasteiger partial charge in [-0.3, -0.25) is 4.79 Å². The lowest BCUT2D eigenvalue weighted by Crippen LogP contribution is -2.38. The summed E-state index contributed by atoms with van der Waals surface area (Å²) in [6, 6.07) is 7.99. The molecular formula is C16H24N2O2. The number of rotatable bonds is 5. The summed E-state index contributed by atoms with van der Waals surface area (Å²) in [7, 11) is 0. The number of benzene rings is 1. The molecule has 1 aromatic carbocycles. The summed E-state index contributed by atoms with van der Waals surface area (Å²) >= 11 is 0. The molecule has 4 nitrogen and oxygen atoms in total. The van der Waals surface area contributed by atoms with Gasteiger partial charge in [0.25, 0.3) is 0 Å². The van der Waals surface area contributed by atoms with Crippen LogP contribution in [0, 0.1) is 0 Å². The minimum Gasteiger partial charge on any atom is -0.494 e. The molecule has 20 heavy (non-hydrogen) atoms. The van der Waals surface area contributed by atoms with Gasteiger partial charge in [-0.1, -0.05) is 19.1 Å². The molecule has 0 saturated carbocycles. The Labute approximate surface area is 120 Å². The monoisotopic (exact) mass is 276 g/mol. The van der Waals surface area contributed by atoms with E-state index < -0.39 is 0 Å². The normalized spacial score (nSPS) is 24.0. The van der Waals surface area contributed by atoms with Gasteiger partial charge in [0.05, 0.1) is 12.6 Å². The molecule has 2 N–H and O–H groups in total. The highest BCUT2D eigenvalue weighted by Crippen LogP contribution is 2.35. The molecule has 1 amide bonds. The summed E-state index contributed by atoms with van der Waals surface area (Å²) in [5, 5.41) is 0. The van der Waals surface area contributed by atoms with Crippen LogP contribution in [0.2, 0.25) is 0 Å². The molecule has 0 aliphatic carbocycles. The van der Waals surface area contributed by atoms with Crippen LogP contribution in [0.25, 0.3) is 0 Å². The van der Waals surface area contributed by atoms with Crippen LogP contribution in [0.15, 0.2) is 24.3 Å². The van der Waals surface area contributed by atoms with E-state index in [9.17, 15) is 4.79 Å². The second-order valence-electron chi connectivity index (χ2n) is 5.37. The Kier molecular flexibility index (Phi) is 4.65. The highest BCUT2D eigenvalue weighted by atomic mass is 16.5. The van der Waals surface area contributed by atoms with E-state index in [1.807, 2.05) is 36.1 Å². The Bertz CT molecular complexity index is 458. The minimum absolute atomic E-state index is 0.0203. The molecule has 1 aliphatic rings. The summed E-state index contributed by atoms with van der Waals surface area (Å²) in [6.07, 6.45) is 1.37. The van der Waals surface area contributed by atoms with Gasteiger partial charge in [-0.05, 0) is 38.0 Å². The zero-order chi connectivity index (χ0) is 14.7. The van der Waals surface area contributed by atoms with Gasteiger partial charge in [0.2, 0.25) is 5.91 Å². The third-order valence-electron chi connectivity index (χ3n) is 4.00. The lowest BCUT2D eigenvalue weighted by Gasteiger charge is -2.32. The number of ether oxygens (including phenoxy) is 1. The van der Waals surface area contributed by atoms with Crippen LogP contribution in [-0.4, -0.2) is 29.5 Å². The highest BCUT2D eigenvalue weighted by Gasteiger charge is 2.40. The van der Waals surface area contributed by atoms with Crippen molar-refractivity contribution in [3.8, 4) is 5.75 Å². The van der Waals surface area contributed by atoms with Gasteiger partial charge >= 0.3 is 0 Å². The van der Waals surface area contributed by atoms with Crippen molar-refractivity contribution in [2.24, 2.45) is 5.73 Å². The standard InChI is InChI=1S/C16H24N2O2/c1-4-11(3)18-15(19)10-14(17)16(18)12-6-8-13(9-7-12)20-5-2/h6-9,11,14,16H,4-5,10,17H2,1-3H3. The van der Waals surface area contributed by atoms with Gasteiger partial charge < -0.3 is 15.4 Å². The fraction of sp³-hybridized carbons (Fsp3) is 0.562. The lowest BCUT2D eigenvalue weighted by atomic mass is 9.99. The molecule has 1 aromatic rings. The van der Waals surface area contributed by atoms with Crippen LogP contribution in [0.4, 0.5) is 0 Å². The predicted octanol–water partition coefficient (Wildman–Crippen LogP) is 2.48. The first-order valence-electron chi connectivity index (χ1n) is 7.38. The van der Waals surface area contributed by atoms with Crippen molar-refractivity contribution in [2.75, 3.05) is 6.61 Å². The first-order valence-corrected chi connectivity index (χ1v) is 7.38. The third kappa shape index (κ3) is 2.80. The van der Waals surface area contributed by atoms with E-state index in [0.29, 0.717) is 13.0 Å². The number of hydrogen-bond donors (Lipinski definition) is 1. The Morgan fingerprint density at radius 2 is 2.00 bits per heavy atom. The predicted molar refractivity (Wildman–Crippen MR) is 79.5 cm³/mol. The fourth-order valence-corrected chi connectivity index (χ4v) is 2.83.